The molecule has 170 valence electrons. The Labute approximate surface area is 202 Å². The van der Waals surface area contributed by atoms with Gasteiger partial charge in [0, 0.05) is 29.4 Å². The molecular weight excluding hydrogens is 508 g/mol. The first-order chi connectivity index (χ1) is 15.3. The van der Waals surface area contributed by atoms with Gasteiger partial charge < -0.3 is 9.64 Å². The fourth-order valence-electron chi connectivity index (χ4n) is 4.12. The van der Waals surface area contributed by atoms with Crippen LogP contribution in [0.3, 0.4) is 0 Å². The molecule has 0 bridgehead atoms. The van der Waals surface area contributed by atoms with E-state index in [4.69, 9.17) is 9.72 Å². The van der Waals surface area contributed by atoms with Crippen molar-refractivity contribution in [2.24, 2.45) is 0 Å². The molecule has 1 aromatic heterocycles. The molecule has 4 rings (SSSR count). The van der Waals surface area contributed by atoms with Crippen LogP contribution >= 0.6 is 27.3 Å². The summed E-state index contributed by atoms with van der Waals surface area (Å²) in [5, 5.41) is 2.67. The molecule has 1 aliphatic heterocycles. The summed E-state index contributed by atoms with van der Waals surface area (Å²) in [4.78, 5) is 7.32. The van der Waals surface area contributed by atoms with E-state index < -0.39 is 15.1 Å². The second kappa shape index (κ2) is 9.53. The molecule has 1 aliphatic rings. The van der Waals surface area contributed by atoms with E-state index in [-0.39, 0.29) is 4.90 Å². The summed E-state index contributed by atoms with van der Waals surface area (Å²) in [6.07, 6.45) is 1.96. The summed E-state index contributed by atoms with van der Waals surface area (Å²) in [6.45, 7) is 5.60. The van der Waals surface area contributed by atoms with Gasteiger partial charge in [-0.15, -0.1) is 11.3 Å². The standard InChI is InChI=1S/C24H27BrN2O3S2/c1-16-4-5-17(2)18(12-16)13-20-15-31-24(26-20)27-10-8-21(9-11-27)32(28,29)23-14-19(25)6-7-22(23)30-3/h4-7,12,14-15,21H,8-11,13H2,1-3H3. The molecule has 0 atom stereocenters. The number of rotatable bonds is 6. The zero-order valence-electron chi connectivity index (χ0n) is 18.5. The number of halogens is 1. The predicted molar refractivity (Wildman–Crippen MR) is 134 cm³/mol. The summed E-state index contributed by atoms with van der Waals surface area (Å²) in [5.41, 5.74) is 4.90. The van der Waals surface area contributed by atoms with Crippen LogP contribution in [0.1, 0.15) is 35.2 Å². The average Bonchev–Trinajstić information content (AvgIpc) is 3.25. The van der Waals surface area contributed by atoms with Crippen LogP contribution in [0.4, 0.5) is 5.13 Å². The van der Waals surface area contributed by atoms with Crippen molar-refractivity contribution in [3.63, 3.8) is 0 Å². The zero-order valence-corrected chi connectivity index (χ0v) is 21.7. The van der Waals surface area contributed by atoms with E-state index >= 15 is 0 Å². The van der Waals surface area contributed by atoms with Gasteiger partial charge in [0.15, 0.2) is 15.0 Å². The van der Waals surface area contributed by atoms with Crippen LogP contribution in [-0.2, 0) is 16.3 Å². The Hall–Kier alpha value is -1.90. The number of thiazole rings is 1. The Morgan fingerprint density at radius 3 is 2.62 bits per heavy atom. The maximum atomic E-state index is 13.3. The normalized spacial score (nSPS) is 15.2. The molecule has 0 N–H and O–H groups in total. The average molecular weight is 536 g/mol. The Morgan fingerprint density at radius 1 is 1.16 bits per heavy atom. The molecule has 0 amide bonds. The van der Waals surface area contributed by atoms with Gasteiger partial charge in [0.05, 0.1) is 18.1 Å². The number of sulfone groups is 1. The van der Waals surface area contributed by atoms with Gasteiger partial charge in [-0.1, -0.05) is 39.7 Å². The van der Waals surface area contributed by atoms with E-state index in [0.29, 0.717) is 31.7 Å². The van der Waals surface area contributed by atoms with Gasteiger partial charge in [-0.05, 0) is 56.0 Å². The number of piperidine rings is 1. The lowest BCUT2D eigenvalue weighted by molar-refractivity contribution is 0.401. The van der Waals surface area contributed by atoms with Gasteiger partial charge in [0.1, 0.15) is 10.6 Å². The van der Waals surface area contributed by atoms with Crippen LogP contribution in [0.15, 0.2) is 51.1 Å². The van der Waals surface area contributed by atoms with E-state index in [1.807, 2.05) is 0 Å². The van der Waals surface area contributed by atoms with Crippen molar-refractivity contribution in [2.45, 2.75) is 43.3 Å². The predicted octanol–water partition coefficient (Wildman–Crippen LogP) is 5.56. The number of methoxy groups -OCH3 is 1. The molecular formula is C24H27BrN2O3S2. The number of aryl methyl sites for hydroxylation is 2. The van der Waals surface area contributed by atoms with Crippen LogP contribution in [0.2, 0.25) is 0 Å². The number of ether oxygens (including phenoxy) is 1. The van der Waals surface area contributed by atoms with Crippen LogP contribution in [-0.4, -0.2) is 38.9 Å². The van der Waals surface area contributed by atoms with E-state index in [1.54, 1.807) is 29.5 Å². The van der Waals surface area contributed by atoms with Crippen LogP contribution < -0.4 is 9.64 Å². The quantitative estimate of drug-likeness (QED) is 0.414. The van der Waals surface area contributed by atoms with Crippen molar-refractivity contribution in [1.82, 2.24) is 4.98 Å². The van der Waals surface area contributed by atoms with Gasteiger partial charge in [0.25, 0.3) is 0 Å². The van der Waals surface area contributed by atoms with E-state index in [0.717, 1.165) is 21.7 Å². The highest BCUT2D eigenvalue weighted by molar-refractivity contribution is 9.10. The number of nitrogens with zero attached hydrogens (tertiary/aromatic N) is 2. The second-order valence-electron chi connectivity index (χ2n) is 8.25. The molecule has 32 heavy (non-hydrogen) atoms. The highest BCUT2D eigenvalue weighted by Gasteiger charge is 2.34. The molecule has 0 aliphatic carbocycles. The minimum absolute atomic E-state index is 0.262. The van der Waals surface area contributed by atoms with E-state index in [2.05, 4.69) is 58.3 Å². The highest BCUT2D eigenvalue weighted by Crippen LogP contribution is 2.34. The molecule has 5 nitrogen and oxygen atoms in total. The number of hydrogen-bond acceptors (Lipinski definition) is 6. The molecule has 2 aromatic carbocycles. The van der Waals surface area contributed by atoms with Crippen molar-refractivity contribution in [3.8, 4) is 5.75 Å². The maximum absolute atomic E-state index is 13.3. The minimum atomic E-state index is -3.48. The van der Waals surface area contributed by atoms with Crippen molar-refractivity contribution in [3.05, 3.63) is 68.6 Å². The van der Waals surface area contributed by atoms with E-state index in [1.165, 1.54) is 23.8 Å². The summed E-state index contributed by atoms with van der Waals surface area (Å²) in [6, 6.07) is 11.6. The fourth-order valence-corrected chi connectivity index (χ4v) is 7.42. The Bertz CT molecular complexity index is 1220. The number of hydrogen-bond donors (Lipinski definition) is 0. The van der Waals surface area contributed by atoms with Gasteiger partial charge in [-0.2, -0.15) is 0 Å². The molecule has 1 saturated heterocycles. The van der Waals surface area contributed by atoms with Gasteiger partial charge in [0.2, 0.25) is 0 Å². The Kier molecular flexibility index (Phi) is 6.93. The third-order valence-electron chi connectivity index (χ3n) is 6.00. The SMILES string of the molecule is COc1ccc(Br)cc1S(=O)(=O)C1CCN(c2nc(Cc3cc(C)ccc3C)cs2)CC1. The second-order valence-corrected chi connectivity index (χ2v) is 12.2. The van der Waals surface area contributed by atoms with Gasteiger partial charge in [-0.25, -0.2) is 13.4 Å². The highest BCUT2D eigenvalue weighted by atomic mass is 79.9. The summed E-state index contributed by atoms with van der Waals surface area (Å²) < 4.78 is 32.6. The molecule has 2 heterocycles. The molecule has 0 spiro atoms. The van der Waals surface area contributed by atoms with Crippen molar-refractivity contribution in [2.75, 3.05) is 25.1 Å². The molecule has 0 unspecified atom stereocenters. The summed E-state index contributed by atoms with van der Waals surface area (Å²) in [7, 11) is -1.97. The minimum Gasteiger partial charge on any atom is -0.495 e. The molecule has 0 saturated carbocycles. The number of anilines is 1. The largest absolute Gasteiger partial charge is 0.495 e. The first-order valence-electron chi connectivity index (χ1n) is 10.6. The smallest absolute Gasteiger partial charge is 0.185 e. The van der Waals surface area contributed by atoms with Crippen LogP contribution in [0.25, 0.3) is 0 Å². The van der Waals surface area contributed by atoms with Crippen LogP contribution in [0, 0.1) is 13.8 Å². The molecule has 3 aromatic rings. The zero-order chi connectivity index (χ0) is 22.9. The first kappa shape index (κ1) is 23.3. The van der Waals surface area contributed by atoms with Crippen molar-refractivity contribution >= 4 is 42.2 Å². The number of benzene rings is 2. The third kappa shape index (κ3) is 4.87. The molecule has 0 radical (unpaired) electrons. The molecule has 1 fully saturated rings. The van der Waals surface area contributed by atoms with Gasteiger partial charge in [-0.3, -0.25) is 0 Å². The van der Waals surface area contributed by atoms with Crippen molar-refractivity contribution in [1.29, 1.82) is 0 Å². The Balaban J connectivity index is 1.44. The molecule has 8 heteroatoms. The third-order valence-corrected chi connectivity index (χ3v) is 9.72. The van der Waals surface area contributed by atoms with Crippen molar-refractivity contribution < 1.29 is 13.2 Å². The topological polar surface area (TPSA) is 59.5 Å². The lowest BCUT2D eigenvalue weighted by atomic mass is 10.0. The number of aromatic nitrogens is 1. The first-order valence-corrected chi connectivity index (χ1v) is 13.8. The Morgan fingerprint density at radius 2 is 1.91 bits per heavy atom. The summed E-state index contributed by atoms with van der Waals surface area (Å²) >= 11 is 5.02. The summed E-state index contributed by atoms with van der Waals surface area (Å²) in [5.74, 6) is 0.395. The lowest BCUT2D eigenvalue weighted by Gasteiger charge is -2.31. The van der Waals surface area contributed by atoms with E-state index in [9.17, 15) is 8.42 Å². The lowest BCUT2D eigenvalue weighted by Crippen LogP contribution is -2.39. The fraction of sp³-hybridized carbons (Fsp3) is 0.375. The van der Waals surface area contributed by atoms with Crippen LogP contribution in [0.5, 0.6) is 5.75 Å². The van der Waals surface area contributed by atoms with Gasteiger partial charge >= 0.3 is 0 Å². The monoisotopic (exact) mass is 534 g/mol. The maximum Gasteiger partial charge on any atom is 0.185 e.